The summed E-state index contributed by atoms with van der Waals surface area (Å²) in [7, 11) is 0. The van der Waals surface area contributed by atoms with Crippen molar-refractivity contribution in [3.8, 4) is 0 Å². The van der Waals surface area contributed by atoms with Gasteiger partial charge in [-0.25, -0.2) is 4.79 Å². The first-order valence-electron chi connectivity index (χ1n) is 9.87. The Hall–Kier alpha value is -2.04. The fraction of sp³-hybridized carbons (Fsp3) is 0.619. The quantitative estimate of drug-likeness (QED) is 0.764. The van der Waals surface area contributed by atoms with Crippen molar-refractivity contribution in [2.45, 2.75) is 58.9 Å². The highest BCUT2D eigenvalue weighted by Gasteiger charge is 2.28. The molecule has 1 aliphatic rings. The minimum atomic E-state index is -0.147. The Kier molecular flexibility index (Phi) is 7.95. The molecule has 0 aliphatic carbocycles. The summed E-state index contributed by atoms with van der Waals surface area (Å²) in [5.74, 6) is 0.550. The third-order valence-corrected chi connectivity index (χ3v) is 4.91. The normalized spacial score (nSPS) is 18.5. The molecule has 5 heteroatoms. The summed E-state index contributed by atoms with van der Waals surface area (Å²) in [6, 6.07) is 9.60. The number of piperidine rings is 1. The number of amides is 3. The van der Waals surface area contributed by atoms with Crippen LogP contribution in [-0.2, 0) is 4.79 Å². The minimum Gasteiger partial charge on any atom is -0.336 e. The lowest BCUT2D eigenvalue weighted by Gasteiger charge is -2.33. The largest absolute Gasteiger partial charge is 0.336 e. The van der Waals surface area contributed by atoms with E-state index in [1.165, 1.54) is 6.42 Å². The van der Waals surface area contributed by atoms with Gasteiger partial charge in [0.2, 0.25) is 5.91 Å². The number of para-hydroxylation sites is 1. The molecule has 2 N–H and O–H groups in total. The van der Waals surface area contributed by atoms with Crippen LogP contribution in [0.4, 0.5) is 10.5 Å². The lowest BCUT2D eigenvalue weighted by Crippen LogP contribution is -2.49. The van der Waals surface area contributed by atoms with Crippen LogP contribution in [0.1, 0.15) is 52.9 Å². The maximum atomic E-state index is 12.5. The number of carbonyl (C=O) groups is 2. The van der Waals surface area contributed by atoms with Gasteiger partial charge in [-0.05, 0) is 44.2 Å². The van der Waals surface area contributed by atoms with Crippen LogP contribution in [0.2, 0.25) is 0 Å². The highest BCUT2D eigenvalue weighted by atomic mass is 16.2. The molecule has 0 aromatic heterocycles. The molecule has 26 heavy (non-hydrogen) atoms. The molecule has 1 aromatic rings. The number of hydrogen-bond donors (Lipinski definition) is 2. The molecule has 5 nitrogen and oxygen atoms in total. The van der Waals surface area contributed by atoms with E-state index in [-0.39, 0.29) is 23.9 Å². The average Bonchev–Trinajstić information content (AvgIpc) is 2.62. The predicted octanol–water partition coefficient (Wildman–Crippen LogP) is 4.26. The van der Waals surface area contributed by atoms with Crippen LogP contribution in [0, 0.1) is 11.8 Å². The fourth-order valence-electron chi connectivity index (χ4n) is 3.35. The van der Waals surface area contributed by atoms with Crippen LogP contribution in [-0.4, -0.2) is 36.0 Å². The number of likely N-dealkylation sites (tertiary alicyclic amines) is 1. The zero-order chi connectivity index (χ0) is 18.9. The Morgan fingerprint density at radius 1 is 1.15 bits per heavy atom. The van der Waals surface area contributed by atoms with E-state index in [1.807, 2.05) is 30.3 Å². The van der Waals surface area contributed by atoms with Gasteiger partial charge in [0.1, 0.15) is 0 Å². The van der Waals surface area contributed by atoms with Crippen LogP contribution in [0.5, 0.6) is 0 Å². The molecule has 0 bridgehead atoms. The van der Waals surface area contributed by atoms with Crippen molar-refractivity contribution >= 4 is 17.6 Å². The number of benzene rings is 1. The van der Waals surface area contributed by atoms with Crippen LogP contribution in [0.25, 0.3) is 0 Å². The van der Waals surface area contributed by atoms with Crippen LogP contribution in [0.15, 0.2) is 30.3 Å². The number of carbonyl (C=O) groups excluding carboxylic acids is 2. The van der Waals surface area contributed by atoms with E-state index in [2.05, 4.69) is 31.4 Å². The van der Waals surface area contributed by atoms with E-state index >= 15 is 0 Å². The Labute approximate surface area is 157 Å². The summed E-state index contributed by atoms with van der Waals surface area (Å²) >= 11 is 0. The van der Waals surface area contributed by atoms with Gasteiger partial charge >= 0.3 is 6.03 Å². The third kappa shape index (κ3) is 6.70. The smallest absolute Gasteiger partial charge is 0.317 e. The molecule has 2 atom stereocenters. The van der Waals surface area contributed by atoms with E-state index in [0.29, 0.717) is 12.5 Å². The third-order valence-electron chi connectivity index (χ3n) is 4.91. The summed E-state index contributed by atoms with van der Waals surface area (Å²) < 4.78 is 0. The molecule has 1 saturated heterocycles. The van der Waals surface area contributed by atoms with Gasteiger partial charge in [0.25, 0.3) is 0 Å². The van der Waals surface area contributed by atoms with E-state index in [0.717, 1.165) is 37.9 Å². The number of anilines is 1. The lowest BCUT2D eigenvalue weighted by atomic mass is 9.97. The summed E-state index contributed by atoms with van der Waals surface area (Å²) in [6.45, 7) is 7.71. The SMILES string of the molecule is CC(C)CCCC(C)NC(=O)N1CCCC(C(=O)Nc2ccccc2)C1. The van der Waals surface area contributed by atoms with Crippen LogP contribution in [0.3, 0.4) is 0 Å². The van der Waals surface area contributed by atoms with Gasteiger partial charge in [-0.15, -0.1) is 0 Å². The highest BCUT2D eigenvalue weighted by molar-refractivity contribution is 5.93. The van der Waals surface area contributed by atoms with Crippen LogP contribution < -0.4 is 10.6 Å². The number of urea groups is 1. The molecule has 1 heterocycles. The average molecular weight is 360 g/mol. The molecule has 0 spiro atoms. The van der Waals surface area contributed by atoms with Gasteiger partial charge in [-0.2, -0.15) is 0 Å². The molecule has 3 amide bonds. The van der Waals surface area contributed by atoms with E-state index in [1.54, 1.807) is 4.90 Å². The molecule has 0 saturated carbocycles. The monoisotopic (exact) mass is 359 g/mol. The van der Waals surface area contributed by atoms with Crippen molar-refractivity contribution in [2.24, 2.45) is 11.8 Å². The Morgan fingerprint density at radius 2 is 1.88 bits per heavy atom. The number of hydrogen-bond acceptors (Lipinski definition) is 2. The van der Waals surface area contributed by atoms with Gasteiger partial charge in [0.05, 0.1) is 5.92 Å². The summed E-state index contributed by atoms with van der Waals surface area (Å²) in [4.78, 5) is 26.8. The molecule has 1 fully saturated rings. The maximum Gasteiger partial charge on any atom is 0.317 e. The first-order chi connectivity index (χ1) is 12.5. The van der Waals surface area contributed by atoms with Gasteiger partial charge in [0.15, 0.2) is 0 Å². The van der Waals surface area contributed by atoms with Gasteiger partial charge in [0, 0.05) is 24.8 Å². The second-order valence-electron chi connectivity index (χ2n) is 7.82. The van der Waals surface area contributed by atoms with E-state index in [4.69, 9.17) is 0 Å². The molecule has 1 aromatic carbocycles. The molecule has 1 aliphatic heterocycles. The Balaban J connectivity index is 1.79. The first-order valence-corrected chi connectivity index (χ1v) is 9.87. The zero-order valence-corrected chi connectivity index (χ0v) is 16.3. The number of nitrogens with one attached hydrogen (secondary N) is 2. The molecule has 2 unspecified atom stereocenters. The van der Waals surface area contributed by atoms with Crippen molar-refractivity contribution < 1.29 is 9.59 Å². The van der Waals surface area contributed by atoms with Crippen molar-refractivity contribution in [3.05, 3.63) is 30.3 Å². The van der Waals surface area contributed by atoms with Crippen molar-refractivity contribution in [1.29, 1.82) is 0 Å². The van der Waals surface area contributed by atoms with Crippen molar-refractivity contribution in [2.75, 3.05) is 18.4 Å². The van der Waals surface area contributed by atoms with E-state index < -0.39 is 0 Å². The Morgan fingerprint density at radius 3 is 2.58 bits per heavy atom. The van der Waals surface area contributed by atoms with Crippen LogP contribution >= 0.6 is 0 Å². The van der Waals surface area contributed by atoms with Gasteiger partial charge in [-0.1, -0.05) is 44.9 Å². The van der Waals surface area contributed by atoms with Crippen molar-refractivity contribution in [3.63, 3.8) is 0 Å². The Bertz CT molecular complexity index is 574. The van der Waals surface area contributed by atoms with Gasteiger partial charge in [-0.3, -0.25) is 4.79 Å². The first kappa shape index (κ1) is 20.3. The van der Waals surface area contributed by atoms with Crippen molar-refractivity contribution in [1.82, 2.24) is 10.2 Å². The zero-order valence-electron chi connectivity index (χ0n) is 16.3. The topological polar surface area (TPSA) is 61.4 Å². The fourth-order valence-corrected chi connectivity index (χ4v) is 3.35. The minimum absolute atomic E-state index is 0.00122. The standard InChI is InChI=1S/C21H33N3O2/c1-16(2)9-7-10-17(3)22-21(26)24-14-8-11-18(15-24)20(25)23-19-12-5-4-6-13-19/h4-6,12-13,16-18H,7-11,14-15H2,1-3H3,(H,22,26)(H,23,25). The molecular weight excluding hydrogens is 326 g/mol. The summed E-state index contributed by atoms with van der Waals surface area (Å²) in [6.07, 6.45) is 5.00. The molecule has 2 rings (SSSR count). The van der Waals surface area contributed by atoms with Gasteiger partial charge < -0.3 is 15.5 Å². The predicted molar refractivity (Wildman–Crippen MR) is 106 cm³/mol. The molecule has 144 valence electrons. The molecular formula is C21H33N3O2. The number of rotatable bonds is 7. The second-order valence-corrected chi connectivity index (χ2v) is 7.82. The number of nitrogens with zero attached hydrogens (tertiary/aromatic N) is 1. The van der Waals surface area contributed by atoms with E-state index in [9.17, 15) is 9.59 Å². The molecule has 0 radical (unpaired) electrons. The lowest BCUT2D eigenvalue weighted by molar-refractivity contribution is -0.121. The highest BCUT2D eigenvalue weighted by Crippen LogP contribution is 2.19. The summed E-state index contributed by atoms with van der Waals surface area (Å²) in [5.41, 5.74) is 0.804. The second kappa shape index (κ2) is 10.2. The maximum absolute atomic E-state index is 12.5. The summed E-state index contributed by atoms with van der Waals surface area (Å²) in [5, 5.41) is 6.04.